The quantitative estimate of drug-likeness (QED) is 0.772. The third kappa shape index (κ3) is 3.39. The maximum atomic E-state index is 4.63. The van der Waals surface area contributed by atoms with Gasteiger partial charge in [-0.05, 0) is 57.5 Å². The van der Waals surface area contributed by atoms with E-state index < -0.39 is 0 Å². The number of hydrogen-bond donors (Lipinski definition) is 1. The number of piperidine rings is 1. The van der Waals surface area contributed by atoms with E-state index in [-0.39, 0.29) is 0 Å². The lowest BCUT2D eigenvalue weighted by Gasteiger charge is -2.41. The number of hydrogen-bond acceptors (Lipinski definition) is 3. The predicted molar refractivity (Wildman–Crippen MR) is 77.9 cm³/mol. The van der Waals surface area contributed by atoms with Gasteiger partial charge in [0.25, 0.3) is 0 Å². The van der Waals surface area contributed by atoms with Crippen molar-refractivity contribution in [3.8, 4) is 0 Å². The summed E-state index contributed by atoms with van der Waals surface area (Å²) >= 11 is 4.63. The Morgan fingerprint density at radius 3 is 2.53 bits per heavy atom. The topological polar surface area (TPSA) is 6.48 Å². The smallest absolute Gasteiger partial charge is 0.0217 e. The average molecular weight is 256 g/mol. The minimum Gasteiger partial charge on any atom is -0.305 e. The molecule has 1 aliphatic heterocycles. The van der Waals surface area contributed by atoms with Gasteiger partial charge >= 0.3 is 0 Å². The third-order valence-corrected chi connectivity index (χ3v) is 5.44. The van der Waals surface area contributed by atoms with Crippen molar-refractivity contribution in [2.24, 2.45) is 5.41 Å². The first kappa shape index (κ1) is 13.7. The van der Waals surface area contributed by atoms with Crippen molar-refractivity contribution in [3.05, 3.63) is 0 Å². The Hall–Kier alpha value is 0.270. The van der Waals surface area contributed by atoms with Crippen LogP contribution in [0.25, 0.3) is 0 Å². The number of nitrogens with zero attached hydrogens (tertiary/aromatic N) is 2. The van der Waals surface area contributed by atoms with E-state index >= 15 is 0 Å². The van der Waals surface area contributed by atoms with Crippen LogP contribution in [0.2, 0.25) is 0 Å². The molecule has 1 atom stereocenters. The first-order chi connectivity index (χ1) is 8.15. The Morgan fingerprint density at radius 1 is 1.24 bits per heavy atom. The molecule has 2 fully saturated rings. The maximum Gasteiger partial charge on any atom is 0.0217 e. The van der Waals surface area contributed by atoms with E-state index in [9.17, 15) is 0 Å². The van der Waals surface area contributed by atoms with Crippen molar-refractivity contribution in [1.82, 2.24) is 9.80 Å². The van der Waals surface area contributed by atoms with Crippen LogP contribution in [0.4, 0.5) is 0 Å². The molecule has 100 valence electrons. The van der Waals surface area contributed by atoms with E-state index in [1.807, 2.05) is 0 Å². The highest BCUT2D eigenvalue weighted by molar-refractivity contribution is 7.80. The van der Waals surface area contributed by atoms with E-state index in [1.165, 1.54) is 58.2 Å². The van der Waals surface area contributed by atoms with Gasteiger partial charge in [-0.3, -0.25) is 0 Å². The van der Waals surface area contributed by atoms with Crippen molar-refractivity contribution in [2.45, 2.75) is 44.6 Å². The summed E-state index contributed by atoms with van der Waals surface area (Å²) in [5.41, 5.74) is 0.539. The molecule has 1 heterocycles. The van der Waals surface area contributed by atoms with Gasteiger partial charge in [0.05, 0.1) is 0 Å². The molecule has 0 aromatic rings. The molecular formula is C14H28N2S. The zero-order valence-corrected chi connectivity index (χ0v) is 12.4. The largest absolute Gasteiger partial charge is 0.305 e. The van der Waals surface area contributed by atoms with Crippen LogP contribution in [0.15, 0.2) is 0 Å². The Balaban J connectivity index is 1.89. The Bertz CT molecular complexity index is 236. The van der Waals surface area contributed by atoms with Crippen molar-refractivity contribution < 1.29 is 0 Å². The van der Waals surface area contributed by atoms with Crippen LogP contribution >= 0.6 is 12.6 Å². The molecule has 0 N–H and O–H groups in total. The molecule has 0 amide bonds. The number of likely N-dealkylation sites (tertiary alicyclic amines) is 1. The molecule has 17 heavy (non-hydrogen) atoms. The van der Waals surface area contributed by atoms with Gasteiger partial charge in [-0.2, -0.15) is 12.6 Å². The van der Waals surface area contributed by atoms with Gasteiger partial charge < -0.3 is 9.80 Å². The molecule has 1 saturated heterocycles. The van der Waals surface area contributed by atoms with E-state index in [0.717, 1.165) is 11.8 Å². The van der Waals surface area contributed by atoms with Gasteiger partial charge in [-0.15, -0.1) is 0 Å². The van der Waals surface area contributed by atoms with Crippen LogP contribution in [-0.2, 0) is 0 Å². The summed E-state index contributed by atoms with van der Waals surface area (Å²) in [6.45, 7) is 3.86. The zero-order chi connectivity index (χ0) is 12.3. The first-order valence-electron chi connectivity index (χ1n) is 7.15. The van der Waals surface area contributed by atoms with Gasteiger partial charge in [0, 0.05) is 19.1 Å². The minimum absolute atomic E-state index is 0.539. The van der Waals surface area contributed by atoms with Crippen molar-refractivity contribution in [1.29, 1.82) is 0 Å². The maximum absolute atomic E-state index is 4.63. The molecule has 0 aromatic carbocycles. The number of likely N-dealkylation sites (N-methyl/N-ethyl adjacent to an activating group) is 1. The van der Waals surface area contributed by atoms with E-state index in [2.05, 4.69) is 36.5 Å². The van der Waals surface area contributed by atoms with E-state index in [0.29, 0.717) is 5.41 Å². The Labute approximate surface area is 112 Å². The van der Waals surface area contributed by atoms with Crippen LogP contribution in [0.5, 0.6) is 0 Å². The lowest BCUT2D eigenvalue weighted by molar-refractivity contribution is 0.0945. The zero-order valence-electron chi connectivity index (χ0n) is 11.5. The highest BCUT2D eigenvalue weighted by Gasteiger charge is 2.35. The molecule has 0 radical (unpaired) electrons. The molecular weight excluding hydrogens is 228 g/mol. The normalized spacial score (nSPS) is 30.0. The third-order valence-electron chi connectivity index (χ3n) is 4.77. The summed E-state index contributed by atoms with van der Waals surface area (Å²) < 4.78 is 0. The summed E-state index contributed by atoms with van der Waals surface area (Å²) in [7, 11) is 4.44. The van der Waals surface area contributed by atoms with Gasteiger partial charge in [0.1, 0.15) is 0 Å². The first-order valence-corrected chi connectivity index (χ1v) is 7.78. The molecule has 1 saturated carbocycles. The molecule has 2 nitrogen and oxygen atoms in total. The van der Waals surface area contributed by atoms with Crippen LogP contribution in [0.1, 0.15) is 38.5 Å². The number of thiol groups is 1. The van der Waals surface area contributed by atoms with Gasteiger partial charge in [-0.25, -0.2) is 0 Å². The highest BCUT2D eigenvalue weighted by Crippen LogP contribution is 2.40. The fourth-order valence-corrected chi connectivity index (χ4v) is 3.98. The molecule has 2 aliphatic rings. The Kier molecular flexibility index (Phi) is 4.79. The monoisotopic (exact) mass is 256 g/mol. The fraction of sp³-hybridized carbons (Fsp3) is 1.00. The highest BCUT2D eigenvalue weighted by atomic mass is 32.1. The molecule has 1 unspecified atom stereocenters. The second-order valence-electron chi connectivity index (χ2n) is 6.36. The lowest BCUT2D eigenvalue weighted by atomic mass is 9.87. The average Bonchev–Trinajstić information content (AvgIpc) is 2.78. The predicted octanol–water partition coefficient (Wildman–Crippen LogP) is 2.50. The lowest BCUT2D eigenvalue weighted by Crippen LogP contribution is -2.48. The van der Waals surface area contributed by atoms with Crippen molar-refractivity contribution in [2.75, 3.05) is 39.5 Å². The summed E-state index contributed by atoms with van der Waals surface area (Å²) in [5, 5.41) is 0. The molecule has 3 heteroatoms. The second-order valence-corrected chi connectivity index (χ2v) is 6.68. The van der Waals surface area contributed by atoms with Crippen LogP contribution in [-0.4, -0.2) is 55.3 Å². The summed E-state index contributed by atoms with van der Waals surface area (Å²) in [6.07, 6.45) is 8.39. The SMILES string of the molecule is CN(C)C1CCCN(CC2(CS)CCCC2)C1. The summed E-state index contributed by atoms with van der Waals surface area (Å²) in [6, 6.07) is 0.766. The molecule has 0 spiro atoms. The van der Waals surface area contributed by atoms with E-state index in [1.54, 1.807) is 0 Å². The molecule has 0 aromatic heterocycles. The molecule has 1 aliphatic carbocycles. The fourth-order valence-electron chi connectivity index (χ4n) is 3.56. The van der Waals surface area contributed by atoms with Gasteiger partial charge in [-0.1, -0.05) is 12.8 Å². The van der Waals surface area contributed by atoms with Crippen LogP contribution in [0.3, 0.4) is 0 Å². The van der Waals surface area contributed by atoms with Crippen LogP contribution < -0.4 is 0 Å². The molecule has 2 rings (SSSR count). The second kappa shape index (κ2) is 5.94. The van der Waals surface area contributed by atoms with Crippen molar-refractivity contribution >= 4 is 12.6 Å². The minimum atomic E-state index is 0.539. The van der Waals surface area contributed by atoms with Gasteiger partial charge in [0.2, 0.25) is 0 Å². The Morgan fingerprint density at radius 2 is 1.94 bits per heavy atom. The van der Waals surface area contributed by atoms with Crippen molar-refractivity contribution in [3.63, 3.8) is 0 Å². The van der Waals surface area contributed by atoms with Crippen LogP contribution in [0, 0.1) is 5.41 Å². The standard InChI is InChI=1S/C14H28N2S/c1-15(2)13-6-5-9-16(10-13)11-14(12-17)7-3-4-8-14/h13,17H,3-12H2,1-2H3. The summed E-state index contributed by atoms with van der Waals surface area (Å²) in [4.78, 5) is 5.10. The molecule has 0 bridgehead atoms. The van der Waals surface area contributed by atoms with Gasteiger partial charge in [0.15, 0.2) is 0 Å². The summed E-state index contributed by atoms with van der Waals surface area (Å²) in [5.74, 6) is 1.08. The number of rotatable bonds is 4. The van der Waals surface area contributed by atoms with E-state index in [4.69, 9.17) is 0 Å².